The molecule has 9 heteroatoms. The van der Waals surface area contributed by atoms with Gasteiger partial charge in [-0.25, -0.2) is 9.78 Å². The van der Waals surface area contributed by atoms with Gasteiger partial charge in [0.1, 0.15) is 0 Å². The molecular weight excluding hydrogens is 723 g/mol. The van der Waals surface area contributed by atoms with E-state index in [2.05, 4.69) is 103 Å². The van der Waals surface area contributed by atoms with E-state index in [1.54, 1.807) is 28.4 Å². The summed E-state index contributed by atoms with van der Waals surface area (Å²) in [6.45, 7) is 9.22. The molecule has 7 nitrogen and oxygen atoms in total. The fourth-order valence-electron chi connectivity index (χ4n) is 6.07. The first-order chi connectivity index (χ1) is 20.8. The predicted octanol–water partition coefficient (Wildman–Crippen LogP) is 5.81. The van der Waals surface area contributed by atoms with Crippen LogP contribution in [0.1, 0.15) is 50.7 Å². The molecule has 225 valence electrons. The number of fused-ring (bicyclic) bond motifs is 4. The van der Waals surface area contributed by atoms with Gasteiger partial charge in [-0.15, -0.1) is 30.3 Å². The number of para-hydroxylation sites is 1. The Labute approximate surface area is 272 Å². The molecule has 1 aliphatic rings. The van der Waals surface area contributed by atoms with E-state index in [0.717, 1.165) is 16.9 Å². The van der Waals surface area contributed by atoms with Gasteiger partial charge in [-0.05, 0) is 47.6 Å². The summed E-state index contributed by atoms with van der Waals surface area (Å²) in [5.74, 6) is 1.93. The molecule has 7 rings (SSSR count). The zero-order chi connectivity index (χ0) is 30.2. The van der Waals surface area contributed by atoms with Gasteiger partial charge in [0.05, 0.1) is 5.52 Å². The topological polar surface area (TPSA) is 60.9 Å². The maximum absolute atomic E-state index is 12.2. The normalized spacial score (nSPS) is 12.1. The van der Waals surface area contributed by atoms with Crippen LogP contribution in [0.4, 0.5) is 5.69 Å². The molecule has 0 N–H and O–H groups in total. The van der Waals surface area contributed by atoms with Crippen LogP contribution in [0.5, 0.6) is 0 Å². The molecule has 0 bridgehead atoms. The van der Waals surface area contributed by atoms with Crippen molar-refractivity contribution in [1.82, 2.24) is 23.6 Å². The van der Waals surface area contributed by atoms with Crippen LogP contribution in [0.25, 0.3) is 28.2 Å². The largest absolute Gasteiger partial charge is 0.436 e. The van der Waals surface area contributed by atoms with Gasteiger partial charge in [0.25, 0.3) is 0 Å². The number of imidazole rings is 2. The summed E-state index contributed by atoms with van der Waals surface area (Å²) in [7, 11) is 3.92. The van der Waals surface area contributed by atoms with Crippen molar-refractivity contribution >= 4 is 29.3 Å². The van der Waals surface area contributed by atoms with Crippen LogP contribution in [0, 0.1) is 12.1 Å². The molecule has 0 atom stereocenters. The molecule has 4 heterocycles. The van der Waals surface area contributed by atoms with Crippen LogP contribution in [0.2, 0.25) is 0 Å². The Morgan fingerprint density at radius 1 is 0.795 bits per heavy atom. The third-order valence-electron chi connectivity index (χ3n) is 8.16. The third-order valence-corrected chi connectivity index (χ3v) is 8.16. The maximum atomic E-state index is 12.2. The van der Waals surface area contributed by atoms with Crippen molar-refractivity contribution in [2.75, 3.05) is 11.9 Å². The number of aryl methyl sites for hydroxylation is 1. The van der Waals surface area contributed by atoms with E-state index < -0.39 is 0 Å². The van der Waals surface area contributed by atoms with Crippen LogP contribution < -0.4 is 16.0 Å². The monoisotopic (exact) mass is 759 g/mol. The average Bonchev–Trinajstić information content (AvgIpc) is 3.61. The molecule has 0 fully saturated rings. The smallest absolute Gasteiger partial charge is 0.399 e. The standard InChI is InChI=1S/C22H25BN3.C13H10N3O.Ir/c1-15(2)17-10-8-11-18(16(3)4)21(17)23-25(5)20-12-7-6-9-19(20)22-24-13-14-26(22)23;1-15-11-8-5-9-14-12(11)16(13(15)17)10-6-3-2-4-7-10;/h6-8,10-16H,1-5H3;2-6,8-9H,1H3;/q2*-1;. The van der Waals surface area contributed by atoms with E-state index in [1.165, 1.54) is 22.3 Å². The minimum atomic E-state index is -0.110. The van der Waals surface area contributed by atoms with Gasteiger partial charge in [-0.3, -0.25) is 14.1 Å². The number of hydrogen-bond acceptors (Lipinski definition) is 4. The van der Waals surface area contributed by atoms with Crippen LogP contribution in [0.15, 0.2) is 96.2 Å². The zero-order valence-corrected chi connectivity index (χ0v) is 28.2. The Hall–Kier alpha value is -4.20. The molecule has 0 saturated carbocycles. The molecule has 44 heavy (non-hydrogen) atoms. The second-order valence-electron chi connectivity index (χ2n) is 11.5. The molecule has 0 saturated heterocycles. The summed E-state index contributed by atoms with van der Waals surface area (Å²) < 4.78 is 5.45. The van der Waals surface area contributed by atoms with Crippen molar-refractivity contribution in [3.63, 3.8) is 0 Å². The quantitative estimate of drug-likeness (QED) is 0.168. The number of aromatic nitrogens is 5. The first-order valence-electron chi connectivity index (χ1n) is 14.7. The summed E-state index contributed by atoms with van der Waals surface area (Å²) in [6.07, 6.45) is 5.68. The third kappa shape index (κ3) is 5.35. The molecule has 0 aliphatic carbocycles. The van der Waals surface area contributed by atoms with Crippen molar-refractivity contribution in [3.8, 4) is 17.1 Å². The molecule has 6 aromatic rings. The molecule has 3 aromatic carbocycles. The van der Waals surface area contributed by atoms with E-state index in [4.69, 9.17) is 0 Å². The maximum Gasteiger partial charge on any atom is 0.399 e. The van der Waals surface area contributed by atoms with Crippen LogP contribution in [-0.4, -0.2) is 37.6 Å². The fourth-order valence-corrected chi connectivity index (χ4v) is 6.07. The number of benzene rings is 3. The second-order valence-corrected chi connectivity index (χ2v) is 11.5. The van der Waals surface area contributed by atoms with Gasteiger partial charge in [-0.2, -0.15) is 24.3 Å². The van der Waals surface area contributed by atoms with Gasteiger partial charge in [0, 0.05) is 51.6 Å². The van der Waals surface area contributed by atoms with Gasteiger partial charge in [0.15, 0.2) is 5.65 Å². The van der Waals surface area contributed by atoms with Crippen LogP contribution in [-0.2, 0) is 27.2 Å². The first-order valence-corrected chi connectivity index (χ1v) is 14.7. The van der Waals surface area contributed by atoms with E-state index in [1.807, 2.05) is 42.6 Å². The summed E-state index contributed by atoms with van der Waals surface area (Å²) in [4.78, 5) is 23.4. The van der Waals surface area contributed by atoms with Gasteiger partial charge < -0.3 is 9.29 Å². The Bertz CT molecular complexity index is 1930. The first kappa shape index (κ1) is 31.2. The van der Waals surface area contributed by atoms with Gasteiger partial charge in [-0.1, -0.05) is 62.8 Å². The van der Waals surface area contributed by atoms with Gasteiger partial charge >= 0.3 is 12.7 Å². The Kier molecular flexibility index (Phi) is 9.09. The van der Waals surface area contributed by atoms with Gasteiger partial charge in [0.2, 0.25) is 0 Å². The Balaban J connectivity index is 0.000000185. The number of rotatable bonds is 4. The second kappa shape index (κ2) is 12.8. The summed E-state index contributed by atoms with van der Waals surface area (Å²) >= 11 is 0. The average molecular weight is 759 g/mol. The van der Waals surface area contributed by atoms with Crippen molar-refractivity contribution in [2.45, 2.75) is 39.5 Å². The van der Waals surface area contributed by atoms with Crippen molar-refractivity contribution in [3.05, 3.63) is 125 Å². The number of hydrogen-bond donors (Lipinski definition) is 0. The molecule has 0 spiro atoms. The molecule has 1 radical (unpaired) electrons. The van der Waals surface area contributed by atoms with Crippen LogP contribution in [0.3, 0.4) is 0 Å². The molecular formula is C35H35BIrN6O-2. The van der Waals surface area contributed by atoms with E-state index in [-0.39, 0.29) is 32.8 Å². The minimum absolute atomic E-state index is 0. The van der Waals surface area contributed by atoms with Crippen LogP contribution >= 0.6 is 0 Å². The summed E-state index contributed by atoms with van der Waals surface area (Å²) in [5.41, 5.74) is 8.56. The van der Waals surface area contributed by atoms with Crippen molar-refractivity contribution < 1.29 is 20.1 Å². The molecule has 0 amide bonds. The predicted molar refractivity (Wildman–Crippen MR) is 175 cm³/mol. The number of pyridine rings is 1. The van der Waals surface area contributed by atoms with Crippen molar-refractivity contribution in [1.29, 1.82) is 0 Å². The summed E-state index contributed by atoms with van der Waals surface area (Å²) in [6, 6.07) is 30.4. The summed E-state index contributed by atoms with van der Waals surface area (Å²) in [5, 5.41) is 0. The van der Waals surface area contributed by atoms with E-state index >= 15 is 0 Å². The van der Waals surface area contributed by atoms with E-state index in [0.29, 0.717) is 23.2 Å². The zero-order valence-electron chi connectivity index (χ0n) is 25.8. The Morgan fingerprint density at radius 3 is 2.20 bits per heavy atom. The molecule has 3 aromatic heterocycles. The van der Waals surface area contributed by atoms with E-state index in [9.17, 15) is 4.79 Å². The SMILES string of the molecule is CC(C)c1cccc(C(C)C)c1B1N(C)c2ccc[c-]c2-c2nccn21.Cn1c(=O)n(-c2[c-]cccc2)c2ncccc21.[Ir]. The fraction of sp³-hybridized carbons (Fsp3) is 0.229. The number of anilines is 1. The Morgan fingerprint density at radius 2 is 1.52 bits per heavy atom. The molecule has 0 unspecified atom stereocenters. The number of nitrogens with zero attached hydrogens (tertiary/aromatic N) is 6. The molecule has 1 aliphatic heterocycles. The minimum Gasteiger partial charge on any atom is -0.436 e. The van der Waals surface area contributed by atoms with Crippen molar-refractivity contribution in [2.24, 2.45) is 7.05 Å².